The second-order valence-corrected chi connectivity index (χ2v) is 5.59. The molecule has 98 valence electrons. The fourth-order valence-corrected chi connectivity index (χ4v) is 2.44. The van der Waals surface area contributed by atoms with Gasteiger partial charge in [0.25, 0.3) is 0 Å². The monoisotopic (exact) mass is 243 g/mol. The summed E-state index contributed by atoms with van der Waals surface area (Å²) in [6, 6.07) is 9.50. The predicted molar refractivity (Wildman–Crippen MR) is 79.8 cm³/mol. The third-order valence-corrected chi connectivity index (χ3v) is 3.72. The fraction of sp³-hybridized carbons (Fsp3) is 0.529. The topological polar surface area (TPSA) is 12.0 Å². The highest BCUT2D eigenvalue weighted by molar-refractivity contribution is 5.50. The van der Waals surface area contributed by atoms with Gasteiger partial charge in [-0.05, 0) is 36.4 Å². The number of benzene rings is 1. The van der Waals surface area contributed by atoms with Crippen molar-refractivity contribution in [2.75, 3.05) is 6.54 Å². The Bertz CT molecular complexity index is 367. The van der Waals surface area contributed by atoms with Gasteiger partial charge in [-0.2, -0.15) is 0 Å². The number of hydrogen-bond donors (Lipinski definition) is 1. The highest BCUT2D eigenvalue weighted by Gasteiger charge is 2.07. The van der Waals surface area contributed by atoms with Crippen LogP contribution < -0.4 is 5.32 Å². The third-order valence-electron chi connectivity index (χ3n) is 3.72. The van der Waals surface area contributed by atoms with Crippen molar-refractivity contribution in [3.05, 3.63) is 41.5 Å². The summed E-state index contributed by atoms with van der Waals surface area (Å²) in [5, 5.41) is 3.59. The van der Waals surface area contributed by atoms with Gasteiger partial charge in [0, 0.05) is 6.04 Å². The summed E-state index contributed by atoms with van der Waals surface area (Å²) in [4.78, 5) is 0. The van der Waals surface area contributed by atoms with Gasteiger partial charge in [0.05, 0.1) is 0 Å². The van der Waals surface area contributed by atoms with Crippen molar-refractivity contribution in [2.24, 2.45) is 0 Å². The molecule has 18 heavy (non-hydrogen) atoms. The molecule has 0 saturated carbocycles. The molecule has 1 fully saturated rings. The smallest absolute Gasteiger partial charge is 0.0253 e. The molecule has 1 aromatic rings. The molecule has 1 N–H and O–H groups in total. The Morgan fingerprint density at radius 3 is 2.61 bits per heavy atom. The number of hydrogen-bond acceptors (Lipinski definition) is 1. The Kier molecular flexibility index (Phi) is 5.00. The fourth-order valence-electron chi connectivity index (χ4n) is 2.44. The summed E-state index contributed by atoms with van der Waals surface area (Å²) >= 11 is 0. The van der Waals surface area contributed by atoms with E-state index in [1.165, 1.54) is 43.4 Å². The maximum Gasteiger partial charge on any atom is 0.0253 e. The van der Waals surface area contributed by atoms with E-state index in [2.05, 4.69) is 55.6 Å². The normalized spacial score (nSPS) is 21.4. The molecular weight excluding hydrogens is 218 g/mol. The van der Waals surface area contributed by atoms with Gasteiger partial charge in [0.15, 0.2) is 0 Å². The van der Waals surface area contributed by atoms with Crippen molar-refractivity contribution in [2.45, 2.75) is 51.5 Å². The lowest BCUT2D eigenvalue weighted by Crippen LogP contribution is -2.25. The largest absolute Gasteiger partial charge is 0.311 e. The van der Waals surface area contributed by atoms with Crippen LogP contribution in [0.1, 0.15) is 56.6 Å². The van der Waals surface area contributed by atoms with Crippen LogP contribution in [0.5, 0.6) is 0 Å². The molecule has 0 aliphatic carbocycles. The van der Waals surface area contributed by atoms with Crippen molar-refractivity contribution in [3.63, 3.8) is 0 Å². The summed E-state index contributed by atoms with van der Waals surface area (Å²) in [6.45, 7) is 5.64. The van der Waals surface area contributed by atoms with Gasteiger partial charge in [-0.25, -0.2) is 0 Å². The average molecular weight is 243 g/mol. The van der Waals surface area contributed by atoms with Crippen LogP contribution in [0.25, 0.3) is 6.08 Å². The summed E-state index contributed by atoms with van der Waals surface area (Å²) in [7, 11) is 0. The molecule has 1 aromatic carbocycles. The maximum absolute atomic E-state index is 3.59. The van der Waals surface area contributed by atoms with E-state index in [-0.39, 0.29) is 0 Å². The van der Waals surface area contributed by atoms with Crippen LogP contribution in [0, 0.1) is 0 Å². The van der Waals surface area contributed by atoms with E-state index in [1.54, 1.807) is 0 Å². The second kappa shape index (κ2) is 6.75. The first-order chi connectivity index (χ1) is 8.75. The lowest BCUT2D eigenvalue weighted by atomic mass is 10.0. The molecule has 1 aliphatic heterocycles. The van der Waals surface area contributed by atoms with Gasteiger partial charge in [-0.1, -0.05) is 63.1 Å². The van der Waals surface area contributed by atoms with Crippen LogP contribution in [0.2, 0.25) is 0 Å². The van der Waals surface area contributed by atoms with E-state index in [9.17, 15) is 0 Å². The SMILES string of the molecule is CC(C)c1ccc(/C=C/C2CCCCCN2)cc1. The highest BCUT2D eigenvalue weighted by atomic mass is 14.9. The molecule has 0 bridgehead atoms. The minimum atomic E-state index is 0.567. The molecule has 0 amide bonds. The van der Waals surface area contributed by atoms with Gasteiger partial charge in [0.1, 0.15) is 0 Å². The number of rotatable bonds is 3. The minimum absolute atomic E-state index is 0.567. The summed E-state index contributed by atoms with van der Waals surface area (Å²) in [6.07, 6.45) is 9.92. The van der Waals surface area contributed by atoms with E-state index in [1.807, 2.05) is 0 Å². The van der Waals surface area contributed by atoms with E-state index in [0.717, 1.165) is 0 Å². The van der Waals surface area contributed by atoms with Crippen LogP contribution in [0.4, 0.5) is 0 Å². The molecule has 1 nitrogen and oxygen atoms in total. The van der Waals surface area contributed by atoms with Gasteiger partial charge in [0.2, 0.25) is 0 Å². The first kappa shape index (κ1) is 13.4. The zero-order valence-corrected chi connectivity index (χ0v) is 11.7. The molecule has 0 aromatic heterocycles. The lowest BCUT2D eigenvalue weighted by molar-refractivity contribution is 0.599. The third kappa shape index (κ3) is 3.99. The van der Waals surface area contributed by atoms with Gasteiger partial charge in [-0.15, -0.1) is 0 Å². The van der Waals surface area contributed by atoms with E-state index in [4.69, 9.17) is 0 Å². The van der Waals surface area contributed by atoms with Crippen LogP contribution in [0.15, 0.2) is 30.3 Å². The molecule has 1 aliphatic rings. The first-order valence-corrected chi connectivity index (χ1v) is 7.27. The molecule has 2 rings (SSSR count). The quantitative estimate of drug-likeness (QED) is 0.832. The molecule has 1 heteroatoms. The van der Waals surface area contributed by atoms with Crippen molar-refractivity contribution in [1.82, 2.24) is 5.32 Å². The van der Waals surface area contributed by atoms with Crippen LogP contribution in [0.3, 0.4) is 0 Å². The van der Waals surface area contributed by atoms with E-state index >= 15 is 0 Å². The first-order valence-electron chi connectivity index (χ1n) is 7.27. The Hall–Kier alpha value is -1.08. The number of nitrogens with one attached hydrogen (secondary N) is 1. The zero-order valence-electron chi connectivity index (χ0n) is 11.7. The molecule has 1 unspecified atom stereocenters. The van der Waals surface area contributed by atoms with Crippen molar-refractivity contribution in [3.8, 4) is 0 Å². The minimum Gasteiger partial charge on any atom is -0.311 e. The summed E-state index contributed by atoms with van der Waals surface area (Å²) in [5.74, 6) is 0.617. The molecule has 0 spiro atoms. The molecule has 1 heterocycles. The Morgan fingerprint density at radius 2 is 1.89 bits per heavy atom. The van der Waals surface area contributed by atoms with Gasteiger partial charge in [-0.3, -0.25) is 0 Å². The van der Waals surface area contributed by atoms with E-state index < -0.39 is 0 Å². The summed E-state index contributed by atoms with van der Waals surface area (Å²) < 4.78 is 0. The van der Waals surface area contributed by atoms with Crippen molar-refractivity contribution < 1.29 is 0 Å². The van der Waals surface area contributed by atoms with E-state index in [0.29, 0.717) is 12.0 Å². The van der Waals surface area contributed by atoms with Crippen LogP contribution >= 0.6 is 0 Å². The maximum atomic E-state index is 3.59. The standard InChI is InChI=1S/C17H25N/c1-14(2)16-10-7-15(8-11-16)9-12-17-6-4-3-5-13-18-17/h7-12,14,17-18H,3-6,13H2,1-2H3/b12-9+. The summed E-state index contributed by atoms with van der Waals surface area (Å²) in [5.41, 5.74) is 2.73. The average Bonchev–Trinajstić information content (AvgIpc) is 2.65. The van der Waals surface area contributed by atoms with Gasteiger partial charge < -0.3 is 5.32 Å². The highest BCUT2D eigenvalue weighted by Crippen LogP contribution is 2.16. The van der Waals surface area contributed by atoms with Crippen LogP contribution in [-0.2, 0) is 0 Å². The second-order valence-electron chi connectivity index (χ2n) is 5.59. The van der Waals surface area contributed by atoms with Crippen molar-refractivity contribution >= 4 is 6.08 Å². The Balaban J connectivity index is 1.95. The lowest BCUT2D eigenvalue weighted by Gasteiger charge is -2.10. The molecule has 0 radical (unpaired) electrons. The molecule has 1 atom stereocenters. The molecule has 1 saturated heterocycles. The zero-order chi connectivity index (χ0) is 12.8. The predicted octanol–water partition coefficient (Wildman–Crippen LogP) is 4.36. The Labute approximate surface area is 111 Å². The van der Waals surface area contributed by atoms with Crippen molar-refractivity contribution in [1.29, 1.82) is 0 Å². The van der Waals surface area contributed by atoms with Gasteiger partial charge >= 0.3 is 0 Å². The molecular formula is C17H25N. The Morgan fingerprint density at radius 1 is 1.11 bits per heavy atom. The van der Waals surface area contributed by atoms with Crippen LogP contribution in [-0.4, -0.2) is 12.6 Å².